The third kappa shape index (κ3) is 3.84. The summed E-state index contributed by atoms with van der Waals surface area (Å²) in [4.78, 5) is 15.9. The Morgan fingerprint density at radius 1 is 1.44 bits per heavy atom. The topological polar surface area (TPSA) is 110 Å². The zero-order chi connectivity index (χ0) is 19.6. The second kappa shape index (κ2) is 7.22. The van der Waals surface area contributed by atoms with Crippen molar-refractivity contribution in [2.75, 3.05) is 6.54 Å². The summed E-state index contributed by atoms with van der Waals surface area (Å²) < 4.78 is 29.0. The predicted molar refractivity (Wildman–Crippen MR) is 94.6 cm³/mol. The van der Waals surface area contributed by atoms with Gasteiger partial charge in [0.25, 0.3) is 5.91 Å². The number of hydrogen-bond donors (Lipinski definition) is 2. The van der Waals surface area contributed by atoms with Crippen molar-refractivity contribution in [1.29, 1.82) is 5.26 Å². The summed E-state index contributed by atoms with van der Waals surface area (Å²) >= 11 is 1.30. The van der Waals surface area contributed by atoms with E-state index in [1.807, 2.05) is 0 Å². The smallest absolute Gasteiger partial charge is 0.270 e. The highest BCUT2D eigenvalue weighted by atomic mass is 32.1. The zero-order valence-corrected chi connectivity index (χ0v) is 14.9. The molecular formula is C17H14F2N6OS. The number of halogens is 2. The van der Waals surface area contributed by atoms with Crippen LogP contribution in [0, 0.1) is 23.0 Å². The van der Waals surface area contributed by atoms with Gasteiger partial charge in [-0.3, -0.25) is 9.48 Å². The van der Waals surface area contributed by atoms with Gasteiger partial charge in [0.05, 0.1) is 17.7 Å². The molecule has 0 spiro atoms. The van der Waals surface area contributed by atoms with E-state index in [-0.39, 0.29) is 23.7 Å². The van der Waals surface area contributed by atoms with Crippen molar-refractivity contribution in [3.05, 3.63) is 58.2 Å². The summed E-state index contributed by atoms with van der Waals surface area (Å²) in [5.41, 5.74) is 6.77. The van der Waals surface area contributed by atoms with Crippen molar-refractivity contribution in [3.8, 4) is 17.3 Å². The lowest BCUT2D eigenvalue weighted by molar-refractivity contribution is 0.0929. The first-order valence-corrected chi connectivity index (χ1v) is 8.67. The van der Waals surface area contributed by atoms with Crippen LogP contribution < -0.4 is 11.1 Å². The predicted octanol–water partition coefficient (Wildman–Crippen LogP) is 2.22. The fourth-order valence-electron chi connectivity index (χ4n) is 2.35. The molecule has 0 fully saturated rings. The lowest BCUT2D eigenvalue weighted by atomic mass is 10.1. The maximum Gasteiger partial charge on any atom is 0.270 e. The Morgan fingerprint density at radius 3 is 2.74 bits per heavy atom. The molecule has 0 bridgehead atoms. The van der Waals surface area contributed by atoms with Gasteiger partial charge in [-0.25, -0.2) is 13.8 Å². The highest BCUT2D eigenvalue weighted by molar-refractivity contribution is 7.07. The molecule has 3 aromatic rings. The van der Waals surface area contributed by atoms with Crippen LogP contribution >= 0.6 is 11.3 Å². The van der Waals surface area contributed by atoms with Crippen LogP contribution in [0.25, 0.3) is 11.3 Å². The summed E-state index contributed by atoms with van der Waals surface area (Å²) in [5.74, 6) is -2.29. The lowest BCUT2D eigenvalue weighted by Crippen LogP contribution is -2.50. The molecule has 0 saturated carbocycles. The first-order chi connectivity index (χ1) is 12.8. The lowest BCUT2D eigenvalue weighted by Gasteiger charge is -2.25. The van der Waals surface area contributed by atoms with Crippen molar-refractivity contribution in [2.45, 2.75) is 12.6 Å². The minimum absolute atomic E-state index is 0.0561. The quantitative estimate of drug-likeness (QED) is 0.696. The second-order valence-corrected chi connectivity index (χ2v) is 6.70. The van der Waals surface area contributed by atoms with Crippen molar-refractivity contribution in [3.63, 3.8) is 0 Å². The molecule has 0 saturated heterocycles. The number of nitrogens with one attached hydrogen (secondary N) is 1. The fourth-order valence-corrected chi connectivity index (χ4v) is 2.88. The van der Waals surface area contributed by atoms with E-state index in [1.165, 1.54) is 28.2 Å². The Hall–Kier alpha value is -3.16. The van der Waals surface area contributed by atoms with Crippen LogP contribution in [0.15, 0.2) is 35.3 Å². The molecule has 2 heterocycles. The number of aromatic nitrogens is 3. The molecule has 7 nitrogen and oxygen atoms in total. The van der Waals surface area contributed by atoms with E-state index in [4.69, 9.17) is 11.0 Å². The number of benzene rings is 1. The number of amides is 1. The number of carbonyl (C=O) groups excluding carboxylic acids is 1. The largest absolute Gasteiger partial charge is 0.347 e. The number of rotatable bonds is 5. The maximum atomic E-state index is 13.8. The molecule has 138 valence electrons. The summed E-state index contributed by atoms with van der Waals surface area (Å²) in [6.45, 7) is 1.70. The van der Waals surface area contributed by atoms with E-state index in [9.17, 15) is 13.6 Å². The molecule has 0 unspecified atom stereocenters. The minimum atomic E-state index is -1.09. The van der Waals surface area contributed by atoms with Gasteiger partial charge in [0.15, 0.2) is 0 Å². The summed E-state index contributed by atoms with van der Waals surface area (Å²) in [5, 5.41) is 17.3. The molecule has 0 aliphatic carbocycles. The number of nitriles is 1. The summed E-state index contributed by atoms with van der Waals surface area (Å²) in [6, 6.07) is 5.07. The molecule has 1 atom stereocenters. The minimum Gasteiger partial charge on any atom is -0.347 e. The molecule has 0 radical (unpaired) electrons. The molecule has 1 amide bonds. The Balaban J connectivity index is 1.78. The van der Waals surface area contributed by atoms with Crippen LogP contribution in [0.3, 0.4) is 0 Å². The van der Waals surface area contributed by atoms with Gasteiger partial charge < -0.3 is 11.1 Å². The molecule has 1 aromatic carbocycles. The van der Waals surface area contributed by atoms with Crippen LogP contribution in [0.5, 0.6) is 0 Å². The van der Waals surface area contributed by atoms with Crippen molar-refractivity contribution in [2.24, 2.45) is 5.73 Å². The van der Waals surface area contributed by atoms with Crippen LogP contribution in [-0.4, -0.2) is 27.2 Å². The average Bonchev–Trinajstić information content (AvgIpc) is 3.31. The molecule has 27 heavy (non-hydrogen) atoms. The van der Waals surface area contributed by atoms with Crippen molar-refractivity contribution in [1.82, 2.24) is 20.1 Å². The van der Waals surface area contributed by atoms with Gasteiger partial charge in [0.1, 0.15) is 34.6 Å². The molecule has 0 aliphatic rings. The van der Waals surface area contributed by atoms with Gasteiger partial charge in [-0.2, -0.15) is 10.4 Å². The van der Waals surface area contributed by atoms with Crippen LogP contribution in [0.2, 0.25) is 0 Å². The summed E-state index contributed by atoms with van der Waals surface area (Å²) in [7, 11) is 0. The molecular weight excluding hydrogens is 374 g/mol. The van der Waals surface area contributed by atoms with Crippen LogP contribution in [0.1, 0.15) is 23.0 Å². The van der Waals surface area contributed by atoms with Gasteiger partial charge in [-0.05, 0) is 25.1 Å². The van der Waals surface area contributed by atoms with Gasteiger partial charge >= 0.3 is 0 Å². The number of hydrogen-bond acceptors (Lipinski definition) is 6. The van der Waals surface area contributed by atoms with Gasteiger partial charge in [-0.15, -0.1) is 11.3 Å². The third-order valence-electron chi connectivity index (χ3n) is 3.83. The zero-order valence-electron chi connectivity index (χ0n) is 14.1. The maximum absolute atomic E-state index is 13.8. The monoisotopic (exact) mass is 388 g/mol. The molecule has 10 heteroatoms. The van der Waals surface area contributed by atoms with Gasteiger partial charge in [-0.1, -0.05) is 0 Å². The molecule has 3 rings (SSSR count). The normalized spacial score (nSPS) is 13.0. The third-order valence-corrected chi connectivity index (χ3v) is 4.42. The van der Waals surface area contributed by atoms with E-state index >= 15 is 0 Å². The van der Waals surface area contributed by atoms with E-state index in [0.29, 0.717) is 5.69 Å². The van der Waals surface area contributed by atoms with Crippen molar-refractivity contribution >= 4 is 17.2 Å². The molecule has 3 N–H and O–H groups in total. The van der Waals surface area contributed by atoms with Gasteiger partial charge in [0, 0.05) is 17.1 Å². The van der Waals surface area contributed by atoms with E-state index in [0.717, 1.165) is 12.1 Å². The van der Waals surface area contributed by atoms with Crippen molar-refractivity contribution < 1.29 is 13.6 Å². The number of carbonyl (C=O) groups is 1. The Morgan fingerprint density at radius 2 is 2.15 bits per heavy atom. The fraction of sp³-hybridized carbons (Fsp3) is 0.176. The Labute approximate surface area is 157 Å². The first kappa shape index (κ1) is 18.6. The average molecular weight is 388 g/mol. The number of nitrogens with two attached hydrogens (primary N) is 1. The number of thiazole rings is 1. The summed E-state index contributed by atoms with van der Waals surface area (Å²) in [6.07, 6.45) is 1.54. The van der Waals surface area contributed by atoms with Gasteiger partial charge in [0.2, 0.25) is 0 Å². The van der Waals surface area contributed by atoms with E-state index in [1.54, 1.807) is 24.0 Å². The number of nitrogens with zero attached hydrogens (tertiary/aromatic N) is 4. The molecule has 0 aliphatic heterocycles. The standard InChI is InChI=1S/C17H14F2N6OS/c1-17(21,8-22-16(26)15-7-27-9-23-15)25-3-2-14(24-25)10-4-12(18)11(6-20)13(19)5-10/h2-5,7,9H,8,21H2,1H3,(H,22,26)/t17-/m1/s1. The second-order valence-electron chi connectivity index (χ2n) is 5.99. The van der Waals surface area contributed by atoms with Crippen LogP contribution in [0.4, 0.5) is 8.78 Å². The first-order valence-electron chi connectivity index (χ1n) is 7.73. The highest BCUT2D eigenvalue weighted by Crippen LogP contribution is 2.23. The SMILES string of the molecule is C[C@](N)(CNC(=O)c1cscn1)n1ccc(-c2cc(F)c(C#N)c(F)c2)n1. The van der Waals surface area contributed by atoms with E-state index < -0.39 is 22.9 Å². The highest BCUT2D eigenvalue weighted by Gasteiger charge is 2.24. The Bertz CT molecular complexity index is 999. The van der Waals surface area contributed by atoms with Crippen LogP contribution in [-0.2, 0) is 5.66 Å². The van der Waals surface area contributed by atoms with E-state index in [2.05, 4.69) is 15.4 Å². The Kier molecular flexibility index (Phi) is 4.98. The molecule has 2 aromatic heterocycles.